The summed E-state index contributed by atoms with van der Waals surface area (Å²) < 4.78 is 5.66. The Bertz CT molecular complexity index is 733. The molecule has 0 unspecified atom stereocenters. The van der Waals surface area contributed by atoms with Crippen molar-refractivity contribution in [3.05, 3.63) is 52.2 Å². The first-order valence-corrected chi connectivity index (χ1v) is 9.77. The lowest BCUT2D eigenvalue weighted by molar-refractivity contribution is 0.0538. The quantitative estimate of drug-likeness (QED) is 0.808. The van der Waals surface area contributed by atoms with E-state index in [0.29, 0.717) is 44.3 Å². The first-order valence-electron chi connectivity index (χ1n) is 8.89. The molecule has 1 aliphatic rings. The van der Waals surface area contributed by atoms with Crippen LogP contribution in [0.5, 0.6) is 5.75 Å². The monoisotopic (exact) mass is 372 g/mol. The lowest BCUT2D eigenvalue weighted by Gasteiger charge is -2.34. The summed E-state index contributed by atoms with van der Waals surface area (Å²) in [4.78, 5) is 29.4. The highest BCUT2D eigenvalue weighted by molar-refractivity contribution is 7.12. The summed E-state index contributed by atoms with van der Waals surface area (Å²) in [5, 5.41) is 1.90. The van der Waals surface area contributed by atoms with Crippen molar-refractivity contribution in [2.75, 3.05) is 32.8 Å². The van der Waals surface area contributed by atoms with Gasteiger partial charge < -0.3 is 14.5 Å². The van der Waals surface area contributed by atoms with Gasteiger partial charge in [-0.15, -0.1) is 11.3 Å². The number of hydrogen-bond acceptors (Lipinski definition) is 4. The lowest BCUT2D eigenvalue weighted by atomic mass is 10.1. The van der Waals surface area contributed by atoms with E-state index in [0.717, 1.165) is 10.6 Å². The molecule has 0 saturated carbocycles. The number of carbonyl (C=O) groups excluding carboxylic acids is 2. The maximum absolute atomic E-state index is 12.7. The topological polar surface area (TPSA) is 49.9 Å². The summed E-state index contributed by atoms with van der Waals surface area (Å²) in [5.74, 6) is 1.30. The molecule has 0 spiro atoms. The predicted octanol–water partition coefficient (Wildman–Crippen LogP) is 3.38. The van der Waals surface area contributed by atoms with E-state index in [4.69, 9.17) is 4.74 Å². The van der Waals surface area contributed by atoms with Crippen LogP contribution in [0.15, 0.2) is 41.8 Å². The molecule has 2 heterocycles. The first-order chi connectivity index (χ1) is 12.5. The van der Waals surface area contributed by atoms with Gasteiger partial charge in [0.2, 0.25) is 0 Å². The highest BCUT2D eigenvalue weighted by atomic mass is 32.1. The van der Waals surface area contributed by atoms with Crippen molar-refractivity contribution in [3.63, 3.8) is 0 Å². The molecule has 0 bridgehead atoms. The lowest BCUT2D eigenvalue weighted by Crippen LogP contribution is -2.50. The molecule has 0 aliphatic carbocycles. The third-order valence-electron chi connectivity index (χ3n) is 4.27. The molecule has 3 rings (SSSR count). The molecule has 1 aromatic carbocycles. The van der Waals surface area contributed by atoms with Gasteiger partial charge in [0, 0.05) is 31.7 Å². The fourth-order valence-electron chi connectivity index (χ4n) is 2.81. The SMILES string of the molecule is CC(C)COc1ccc(C(=O)N2CCN(C(=O)c3cccs3)CC2)cc1. The molecular weight excluding hydrogens is 348 g/mol. The average Bonchev–Trinajstić information content (AvgIpc) is 3.20. The van der Waals surface area contributed by atoms with Gasteiger partial charge in [0.1, 0.15) is 5.75 Å². The molecular formula is C20H24N2O3S. The molecule has 1 saturated heterocycles. The summed E-state index contributed by atoms with van der Waals surface area (Å²) in [7, 11) is 0. The van der Waals surface area contributed by atoms with Crippen molar-refractivity contribution in [3.8, 4) is 5.75 Å². The minimum absolute atomic E-state index is 0.00336. The molecule has 26 heavy (non-hydrogen) atoms. The second-order valence-corrected chi connectivity index (χ2v) is 7.74. The van der Waals surface area contributed by atoms with Gasteiger partial charge in [-0.05, 0) is 41.6 Å². The molecule has 2 aromatic rings. The third-order valence-corrected chi connectivity index (χ3v) is 5.13. The third kappa shape index (κ3) is 4.43. The molecule has 138 valence electrons. The normalized spacial score (nSPS) is 14.6. The van der Waals surface area contributed by atoms with Crippen LogP contribution in [0.3, 0.4) is 0 Å². The van der Waals surface area contributed by atoms with Crippen LogP contribution in [0.4, 0.5) is 0 Å². The van der Waals surface area contributed by atoms with Crippen LogP contribution < -0.4 is 4.74 Å². The number of hydrogen-bond donors (Lipinski definition) is 0. The minimum Gasteiger partial charge on any atom is -0.493 e. The fourth-order valence-corrected chi connectivity index (χ4v) is 3.50. The zero-order chi connectivity index (χ0) is 18.5. The smallest absolute Gasteiger partial charge is 0.264 e. The highest BCUT2D eigenvalue weighted by Crippen LogP contribution is 2.17. The van der Waals surface area contributed by atoms with E-state index in [1.54, 1.807) is 12.1 Å². The maximum atomic E-state index is 12.7. The van der Waals surface area contributed by atoms with E-state index in [2.05, 4.69) is 13.8 Å². The van der Waals surface area contributed by atoms with Crippen LogP contribution in [-0.4, -0.2) is 54.4 Å². The highest BCUT2D eigenvalue weighted by Gasteiger charge is 2.25. The van der Waals surface area contributed by atoms with Crippen molar-refractivity contribution in [1.82, 2.24) is 9.80 Å². The number of piperazine rings is 1. The molecule has 1 aliphatic heterocycles. The number of benzene rings is 1. The summed E-state index contributed by atoms with van der Waals surface area (Å²) in [6.45, 7) is 7.11. The summed E-state index contributed by atoms with van der Waals surface area (Å²) >= 11 is 1.45. The van der Waals surface area contributed by atoms with Crippen molar-refractivity contribution in [2.45, 2.75) is 13.8 Å². The second kappa shape index (κ2) is 8.36. The molecule has 1 fully saturated rings. The molecule has 5 nitrogen and oxygen atoms in total. The molecule has 0 N–H and O–H groups in total. The molecule has 1 aromatic heterocycles. The molecule has 0 atom stereocenters. The van der Waals surface area contributed by atoms with Crippen molar-refractivity contribution < 1.29 is 14.3 Å². The van der Waals surface area contributed by atoms with Crippen LogP contribution in [0.25, 0.3) is 0 Å². The van der Waals surface area contributed by atoms with Crippen molar-refractivity contribution >= 4 is 23.2 Å². The van der Waals surface area contributed by atoms with Gasteiger partial charge in [0.15, 0.2) is 0 Å². The number of thiophene rings is 1. The Kier molecular flexibility index (Phi) is 5.93. The van der Waals surface area contributed by atoms with Gasteiger partial charge in [0.25, 0.3) is 11.8 Å². The zero-order valence-electron chi connectivity index (χ0n) is 15.2. The maximum Gasteiger partial charge on any atom is 0.264 e. The molecule has 6 heteroatoms. The fraction of sp³-hybridized carbons (Fsp3) is 0.400. The second-order valence-electron chi connectivity index (χ2n) is 6.79. The van der Waals surface area contributed by atoms with Crippen LogP contribution in [0.2, 0.25) is 0 Å². The number of carbonyl (C=O) groups is 2. The number of amides is 2. The van der Waals surface area contributed by atoms with Crippen molar-refractivity contribution in [2.24, 2.45) is 5.92 Å². The van der Waals surface area contributed by atoms with Crippen LogP contribution in [0, 0.1) is 5.92 Å². The minimum atomic E-state index is 0.00336. The molecule has 2 amide bonds. The van der Waals surface area contributed by atoms with E-state index in [1.807, 2.05) is 39.4 Å². The Balaban J connectivity index is 1.54. The Morgan fingerprint density at radius 1 is 1.00 bits per heavy atom. The van der Waals surface area contributed by atoms with E-state index in [9.17, 15) is 9.59 Å². The molecule has 0 radical (unpaired) electrons. The van der Waals surface area contributed by atoms with E-state index in [1.165, 1.54) is 11.3 Å². The van der Waals surface area contributed by atoms with E-state index in [-0.39, 0.29) is 11.8 Å². The zero-order valence-corrected chi connectivity index (χ0v) is 16.0. The van der Waals surface area contributed by atoms with Gasteiger partial charge in [-0.1, -0.05) is 19.9 Å². The Hall–Kier alpha value is -2.34. The largest absolute Gasteiger partial charge is 0.493 e. The van der Waals surface area contributed by atoms with Crippen LogP contribution in [-0.2, 0) is 0 Å². The van der Waals surface area contributed by atoms with Crippen LogP contribution in [0.1, 0.15) is 33.9 Å². The predicted molar refractivity (Wildman–Crippen MR) is 103 cm³/mol. The Labute approximate surface area is 158 Å². The Morgan fingerprint density at radius 2 is 1.62 bits per heavy atom. The van der Waals surface area contributed by atoms with Gasteiger partial charge in [0.05, 0.1) is 11.5 Å². The number of ether oxygens (including phenoxy) is 1. The Morgan fingerprint density at radius 3 is 2.15 bits per heavy atom. The van der Waals surface area contributed by atoms with Gasteiger partial charge in [-0.2, -0.15) is 0 Å². The first kappa shape index (κ1) is 18.5. The van der Waals surface area contributed by atoms with Gasteiger partial charge >= 0.3 is 0 Å². The number of rotatable bonds is 5. The summed E-state index contributed by atoms with van der Waals surface area (Å²) in [5.41, 5.74) is 0.653. The summed E-state index contributed by atoms with van der Waals surface area (Å²) in [6.07, 6.45) is 0. The van der Waals surface area contributed by atoms with Gasteiger partial charge in [-0.3, -0.25) is 9.59 Å². The summed E-state index contributed by atoms with van der Waals surface area (Å²) in [6, 6.07) is 11.0. The average molecular weight is 372 g/mol. The van der Waals surface area contributed by atoms with Crippen molar-refractivity contribution in [1.29, 1.82) is 0 Å². The van der Waals surface area contributed by atoms with Crippen LogP contribution >= 0.6 is 11.3 Å². The number of nitrogens with zero attached hydrogens (tertiary/aromatic N) is 2. The van der Waals surface area contributed by atoms with E-state index >= 15 is 0 Å². The van der Waals surface area contributed by atoms with E-state index < -0.39 is 0 Å². The van der Waals surface area contributed by atoms with Gasteiger partial charge in [-0.25, -0.2) is 0 Å². The standard InChI is InChI=1S/C20H24N2O3S/c1-15(2)14-25-17-7-5-16(6-8-17)19(23)21-9-11-22(12-10-21)20(24)18-4-3-13-26-18/h3-8,13,15H,9-12,14H2,1-2H3.